The van der Waals surface area contributed by atoms with Crippen molar-refractivity contribution < 1.29 is 23.5 Å². The number of methoxy groups -OCH3 is 1. The first kappa shape index (κ1) is 24.1. The van der Waals surface area contributed by atoms with Crippen molar-refractivity contribution in [2.75, 3.05) is 7.11 Å². The van der Waals surface area contributed by atoms with E-state index in [1.54, 1.807) is 30.3 Å². The SMILES string of the molecule is COc1cc(/C=C2\SC(=O)N(Cc3c(F)cccc3Cl)C2=O)ccc1OCc1ccccc1Cl. The highest BCUT2D eigenvalue weighted by Gasteiger charge is 2.36. The topological polar surface area (TPSA) is 55.8 Å². The largest absolute Gasteiger partial charge is 0.493 e. The van der Waals surface area contributed by atoms with Gasteiger partial charge in [0.05, 0.1) is 18.6 Å². The lowest BCUT2D eigenvalue weighted by Crippen LogP contribution is -2.28. The zero-order valence-corrected chi connectivity index (χ0v) is 20.2. The van der Waals surface area contributed by atoms with Gasteiger partial charge in [0.25, 0.3) is 11.1 Å². The van der Waals surface area contributed by atoms with Gasteiger partial charge in [0.2, 0.25) is 0 Å². The Morgan fingerprint density at radius 2 is 1.76 bits per heavy atom. The Labute approximate surface area is 210 Å². The number of ether oxygens (including phenoxy) is 2. The predicted molar refractivity (Wildman–Crippen MR) is 132 cm³/mol. The minimum Gasteiger partial charge on any atom is -0.493 e. The monoisotopic (exact) mass is 517 g/mol. The molecule has 0 spiro atoms. The lowest BCUT2D eigenvalue weighted by atomic mass is 10.1. The third-order valence-electron chi connectivity index (χ3n) is 5.08. The molecule has 1 aliphatic heterocycles. The normalized spacial score (nSPS) is 14.7. The van der Waals surface area contributed by atoms with Crippen LogP contribution in [0.3, 0.4) is 0 Å². The van der Waals surface area contributed by atoms with Gasteiger partial charge in [-0.05, 0) is 53.7 Å². The Kier molecular flexibility index (Phi) is 7.46. The molecule has 0 N–H and O–H groups in total. The number of hydrogen-bond donors (Lipinski definition) is 0. The van der Waals surface area contributed by atoms with Crippen LogP contribution >= 0.6 is 35.0 Å². The van der Waals surface area contributed by atoms with Gasteiger partial charge in [-0.3, -0.25) is 14.5 Å². The summed E-state index contributed by atoms with van der Waals surface area (Å²) in [6.07, 6.45) is 1.58. The number of imide groups is 1. The molecule has 174 valence electrons. The molecule has 1 saturated heterocycles. The standard InChI is InChI=1S/C25H18Cl2FNO4S/c1-32-22-11-15(9-10-21(22)33-14-16-5-2-3-6-18(16)26)12-23-24(30)29(25(31)34-23)13-17-19(27)7-4-8-20(17)28/h2-12H,13-14H2,1H3/b23-12-. The summed E-state index contributed by atoms with van der Waals surface area (Å²) in [5.41, 5.74) is 1.56. The minimum atomic E-state index is -0.576. The number of nitrogens with zero attached hydrogens (tertiary/aromatic N) is 1. The average Bonchev–Trinajstić information content (AvgIpc) is 3.08. The van der Waals surface area contributed by atoms with Crippen LogP contribution in [-0.4, -0.2) is 23.2 Å². The first-order valence-corrected chi connectivity index (χ1v) is 11.7. The van der Waals surface area contributed by atoms with E-state index in [-0.39, 0.29) is 28.6 Å². The molecule has 2 amide bonds. The fourth-order valence-corrected chi connectivity index (χ4v) is 4.54. The molecule has 0 atom stereocenters. The van der Waals surface area contributed by atoms with Gasteiger partial charge in [0.15, 0.2) is 11.5 Å². The van der Waals surface area contributed by atoms with Gasteiger partial charge in [-0.1, -0.05) is 53.5 Å². The van der Waals surface area contributed by atoms with E-state index in [0.717, 1.165) is 22.2 Å². The van der Waals surface area contributed by atoms with Gasteiger partial charge in [0.1, 0.15) is 12.4 Å². The molecule has 0 aliphatic carbocycles. The highest BCUT2D eigenvalue weighted by molar-refractivity contribution is 8.18. The maximum Gasteiger partial charge on any atom is 0.293 e. The average molecular weight is 518 g/mol. The molecule has 1 fully saturated rings. The Morgan fingerprint density at radius 3 is 2.50 bits per heavy atom. The van der Waals surface area contributed by atoms with Crippen LogP contribution in [0.2, 0.25) is 10.0 Å². The highest BCUT2D eigenvalue weighted by Crippen LogP contribution is 2.36. The minimum absolute atomic E-state index is 0.0920. The molecular weight excluding hydrogens is 500 g/mol. The summed E-state index contributed by atoms with van der Waals surface area (Å²) in [6.45, 7) is 0.0124. The van der Waals surface area contributed by atoms with Crippen molar-refractivity contribution in [2.24, 2.45) is 0 Å². The molecule has 3 aromatic rings. The van der Waals surface area contributed by atoms with Crippen molar-refractivity contribution in [3.63, 3.8) is 0 Å². The first-order chi connectivity index (χ1) is 16.4. The van der Waals surface area contributed by atoms with Crippen molar-refractivity contribution in [3.8, 4) is 11.5 Å². The summed E-state index contributed by atoms with van der Waals surface area (Å²) in [5, 5.41) is 0.257. The van der Waals surface area contributed by atoms with Gasteiger partial charge < -0.3 is 9.47 Å². The van der Waals surface area contributed by atoms with Crippen molar-refractivity contribution in [3.05, 3.63) is 98.1 Å². The zero-order valence-electron chi connectivity index (χ0n) is 17.9. The van der Waals surface area contributed by atoms with Crippen LogP contribution in [0.15, 0.2) is 65.6 Å². The number of amides is 2. The molecule has 9 heteroatoms. The molecule has 34 heavy (non-hydrogen) atoms. The molecule has 3 aromatic carbocycles. The number of carbonyl (C=O) groups excluding carboxylic acids is 2. The molecule has 0 radical (unpaired) electrons. The maximum absolute atomic E-state index is 14.1. The summed E-state index contributed by atoms with van der Waals surface area (Å²) in [5.74, 6) is -0.139. The predicted octanol–water partition coefficient (Wildman–Crippen LogP) is 6.96. The van der Waals surface area contributed by atoms with Crippen molar-refractivity contribution >= 4 is 52.2 Å². The Bertz CT molecular complexity index is 1280. The molecular formula is C25H18Cl2FNO4S. The van der Waals surface area contributed by atoms with Crippen LogP contribution in [-0.2, 0) is 17.9 Å². The quantitative estimate of drug-likeness (QED) is 0.317. The first-order valence-electron chi connectivity index (χ1n) is 10.1. The fraction of sp³-hybridized carbons (Fsp3) is 0.120. The van der Waals surface area contributed by atoms with Crippen LogP contribution in [0.25, 0.3) is 6.08 Å². The molecule has 1 aliphatic rings. The molecule has 0 aromatic heterocycles. The lowest BCUT2D eigenvalue weighted by Gasteiger charge is -2.14. The smallest absolute Gasteiger partial charge is 0.293 e. The van der Waals surface area contributed by atoms with Crippen LogP contribution in [0.5, 0.6) is 11.5 Å². The van der Waals surface area contributed by atoms with E-state index in [0.29, 0.717) is 22.1 Å². The third kappa shape index (κ3) is 5.22. The second kappa shape index (κ2) is 10.5. The van der Waals surface area contributed by atoms with E-state index in [1.165, 1.54) is 25.3 Å². The number of thioether (sulfide) groups is 1. The molecule has 5 nitrogen and oxygen atoms in total. The number of halogens is 3. The summed E-state index contributed by atoms with van der Waals surface area (Å²) in [4.78, 5) is 26.5. The van der Waals surface area contributed by atoms with E-state index >= 15 is 0 Å². The molecule has 0 bridgehead atoms. The number of benzene rings is 3. The van der Waals surface area contributed by atoms with E-state index in [4.69, 9.17) is 32.7 Å². The van der Waals surface area contributed by atoms with E-state index in [2.05, 4.69) is 0 Å². The number of hydrogen-bond acceptors (Lipinski definition) is 5. The summed E-state index contributed by atoms with van der Waals surface area (Å²) in [7, 11) is 1.51. The summed E-state index contributed by atoms with van der Waals surface area (Å²) >= 11 is 13.0. The molecule has 4 rings (SSSR count). The molecule has 0 unspecified atom stereocenters. The van der Waals surface area contributed by atoms with Crippen LogP contribution in [0.1, 0.15) is 16.7 Å². The Morgan fingerprint density at radius 1 is 1.00 bits per heavy atom. The third-order valence-corrected chi connectivity index (χ3v) is 6.71. The second-order valence-electron chi connectivity index (χ2n) is 7.26. The molecule has 1 heterocycles. The van der Waals surface area contributed by atoms with E-state index in [1.807, 2.05) is 18.2 Å². The summed E-state index contributed by atoms with van der Waals surface area (Å²) < 4.78 is 25.4. The van der Waals surface area contributed by atoms with Gasteiger partial charge in [-0.15, -0.1) is 0 Å². The van der Waals surface area contributed by atoms with Crippen molar-refractivity contribution in [2.45, 2.75) is 13.2 Å². The van der Waals surface area contributed by atoms with Crippen molar-refractivity contribution in [1.29, 1.82) is 0 Å². The summed E-state index contributed by atoms with van der Waals surface area (Å²) in [6, 6.07) is 16.7. The highest BCUT2D eigenvalue weighted by atomic mass is 35.5. The zero-order chi connectivity index (χ0) is 24.2. The number of carbonyl (C=O) groups is 2. The Hall–Kier alpha value is -3.00. The van der Waals surface area contributed by atoms with Crippen LogP contribution in [0, 0.1) is 5.82 Å². The van der Waals surface area contributed by atoms with E-state index in [9.17, 15) is 14.0 Å². The lowest BCUT2D eigenvalue weighted by molar-refractivity contribution is -0.123. The second-order valence-corrected chi connectivity index (χ2v) is 9.07. The van der Waals surface area contributed by atoms with Crippen LogP contribution in [0.4, 0.5) is 9.18 Å². The fourth-order valence-electron chi connectivity index (χ4n) is 3.29. The maximum atomic E-state index is 14.1. The van der Waals surface area contributed by atoms with Gasteiger partial charge in [-0.2, -0.15) is 0 Å². The van der Waals surface area contributed by atoms with Gasteiger partial charge in [-0.25, -0.2) is 4.39 Å². The van der Waals surface area contributed by atoms with Crippen molar-refractivity contribution in [1.82, 2.24) is 4.90 Å². The van der Waals surface area contributed by atoms with Crippen LogP contribution < -0.4 is 9.47 Å². The molecule has 0 saturated carbocycles. The Balaban J connectivity index is 1.51. The van der Waals surface area contributed by atoms with Gasteiger partial charge in [0, 0.05) is 21.2 Å². The van der Waals surface area contributed by atoms with Gasteiger partial charge >= 0.3 is 0 Å². The van der Waals surface area contributed by atoms with E-state index < -0.39 is 17.0 Å². The number of rotatable bonds is 7.